The van der Waals surface area contributed by atoms with E-state index in [1.165, 1.54) is 23.9 Å². The Labute approximate surface area is 118 Å². The van der Waals surface area contributed by atoms with Crippen LogP contribution in [0.25, 0.3) is 0 Å². The molecule has 7 heteroatoms. The highest BCUT2D eigenvalue weighted by Gasteiger charge is 2.05. The van der Waals surface area contributed by atoms with Crippen molar-refractivity contribution in [2.45, 2.75) is 10.9 Å². The molecule has 0 unspecified atom stereocenters. The molecule has 3 aromatic rings. The Morgan fingerprint density at radius 1 is 1.25 bits per heavy atom. The normalized spacial score (nSPS) is 10.7. The van der Waals surface area contributed by atoms with Crippen LogP contribution in [0.4, 0.5) is 16.0 Å². The van der Waals surface area contributed by atoms with E-state index in [9.17, 15) is 4.39 Å². The molecule has 2 N–H and O–H groups in total. The fourth-order valence-corrected chi connectivity index (χ4v) is 2.29. The third-order valence-corrected chi connectivity index (χ3v) is 3.44. The smallest absolute Gasteiger partial charge is 0.223 e. The van der Waals surface area contributed by atoms with Gasteiger partial charge in [0, 0.05) is 17.0 Å². The Morgan fingerprint density at radius 2 is 2.10 bits per heavy atom. The van der Waals surface area contributed by atoms with Crippen molar-refractivity contribution in [3.05, 3.63) is 54.2 Å². The van der Waals surface area contributed by atoms with Gasteiger partial charge in [0.25, 0.3) is 0 Å². The van der Waals surface area contributed by atoms with Crippen LogP contribution in [-0.2, 0) is 5.75 Å². The van der Waals surface area contributed by atoms with Gasteiger partial charge in [0.15, 0.2) is 0 Å². The lowest BCUT2D eigenvalue weighted by molar-refractivity contribution is 0.565. The number of furan rings is 1. The summed E-state index contributed by atoms with van der Waals surface area (Å²) >= 11 is 1.50. The number of thioether (sulfide) groups is 1. The van der Waals surface area contributed by atoms with Crippen LogP contribution in [0.5, 0.6) is 0 Å². The Balaban J connectivity index is 1.60. The molecule has 0 aliphatic carbocycles. The van der Waals surface area contributed by atoms with E-state index in [-0.39, 0.29) is 5.82 Å². The highest BCUT2D eigenvalue weighted by atomic mass is 32.2. The van der Waals surface area contributed by atoms with Crippen molar-refractivity contribution >= 4 is 23.4 Å². The van der Waals surface area contributed by atoms with E-state index < -0.39 is 0 Å². The average Bonchev–Trinajstić information content (AvgIpc) is 3.10. The molecule has 0 bridgehead atoms. The van der Waals surface area contributed by atoms with Crippen LogP contribution in [-0.4, -0.2) is 15.2 Å². The second-order valence-corrected chi connectivity index (χ2v) is 4.96. The zero-order valence-corrected chi connectivity index (χ0v) is 11.2. The quantitative estimate of drug-likeness (QED) is 0.703. The molecule has 20 heavy (non-hydrogen) atoms. The lowest BCUT2D eigenvalue weighted by Crippen LogP contribution is -1.92. The molecule has 2 heterocycles. The van der Waals surface area contributed by atoms with E-state index >= 15 is 0 Å². The minimum atomic E-state index is -0.274. The number of nitrogens with one attached hydrogen (secondary N) is 2. The summed E-state index contributed by atoms with van der Waals surface area (Å²) < 4.78 is 17.8. The van der Waals surface area contributed by atoms with Crippen LogP contribution < -0.4 is 5.32 Å². The molecule has 0 atom stereocenters. The number of benzene rings is 1. The largest absolute Gasteiger partial charge is 0.472 e. The molecular weight excluding hydrogens is 279 g/mol. The minimum Gasteiger partial charge on any atom is -0.472 e. The lowest BCUT2D eigenvalue weighted by Gasteiger charge is -2.00. The average molecular weight is 290 g/mol. The molecule has 0 aliphatic rings. The van der Waals surface area contributed by atoms with Crippen LogP contribution in [0.1, 0.15) is 5.56 Å². The number of aromatic amines is 1. The molecule has 1 aromatic carbocycles. The van der Waals surface area contributed by atoms with Gasteiger partial charge < -0.3 is 9.73 Å². The van der Waals surface area contributed by atoms with Gasteiger partial charge in [-0.2, -0.15) is 4.98 Å². The Bertz CT molecular complexity index is 666. The van der Waals surface area contributed by atoms with E-state index in [0.717, 1.165) is 17.0 Å². The molecule has 0 aliphatic heterocycles. The van der Waals surface area contributed by atoms with Gasteiger partial charge >= 0.3 is 0 Å². The summed E-state index contributed by atoms with van der Waals surface area (Å²) in [6.07, 6.45) is 3.33. The second kappa shape index (κ2) is 5.79. The molecule has 0 amide bonds. The fourth-order valence-electron chi connectivity index (χ4n) is 1.56. The Hall–Kier alpha value is -2.28. The van der Waals surface area contributed by atoms with Crippen molar-refractivity contribution in [3.8, 4) is 0 Å². The maximum atomic E-state index is 12.8. The molecule has 0 fully saturated rings. The van der Waals surface area contributed by atoms with Crippen LogP contribution in [0.2, 0.25) is 0 Å². The Morgan fingerprint density at radius 3 is 2.85 bits per heavy atom. The SMILES string of the molecule is Fc1ccc(Nc2nc(SCc3ccoc3)n[nH]2)cc1. The minimum absolute atomic E-state index is 0.274. The third kappa shape index (κ3) is 3.18. The van der Waals surface area contributed by atoms with Gasteiger partial charge in [0.1, 0.15) is 5.82 Å². The van der Waals surface area contributed by atoms with Crippen molar-refractivity contribution in [1.29, 1.82) is 0 Å². The summed E-state index contributed by atoms with van der Waals surface area (Å²) in [5, 5.41) is 10.5. The van der Waals surface area contributed by atoms with Crippen molar-refractivity contribution in [1.82, 2.24) is 15.2 Å². The van der Waals surface area contributed by atoms with Gasteiger partial charge in [-0.25, -0.2) is 9.49 Å². The standard InChI is InChI=1S/C13H11FN4OS/c14-10-1-3-11(4-2-10)15-12-16-13(18-17-12)20-8-9-5-6-19-7-9/h1-7H,8H2,(H2,15,16,17,18). The van der Waals surface area contributed by atoms with Gasteiger partial charge in [0.2, 0.25) is 11.1 Å². The zero-order valence-electron chi connectivity index (χ0n) is 10.3. The number of nitrogens with zero attached hydrogens (tertiary/aromatic N) is 2. The number of halogens is 1. The van der Waals surface area contributed by atoms with Crippen LogP contribution in [0, 0.1) is 5.82 Å². The van der Waals surface area contributed by atoms with Crippen molar-refractivity contribution in [2.24, 2.45) is 0 Å². The van der Waals surface area contributed by atoms with Gasteiger partial charge in [-0.3, -0.25) is 0 Å². The number of hydrogen-bond acceptors (Lipinski definition) is 5. The number of aromatic nitrogens is 3. The van der Waals surface area contributed by atoms with Crippen molar-refractivity contribution < 1.29 is 8.81 Å². The summed E-state index contributed by atoms with van der Waals surface area (Å²) in [4.78, 5) is 4.29. The molecule has 0 saturated heterocycles. The second-order valence-electron chi connectivity index (χ2n) is 4.02. The van der Waals surface area contributed by atoms with E-state index in [2.05, 4.69) is 20.5 Å². The lowest BCUT2D eigenvalue weighted by atomic mass is 10.3. The van der Waals surface area contributed by atoms with E-state index in [1.807, 2.05) is 6.07 Å². The summed E-state index contributed by atoms with van der Waals surface area (Å²) in [5.74, 6) is 0.987. The first kappa shape index (κ1) is 12.7. The summed E-state index contributed by atoms with van der Waals surface area (Å²) in [5.41, 5.74) is 1.82. The zero-order chi connectivity index (χ0) is 13.8. The summed E-state index contributed by atoms with van der Waals surface area (Å²) in [6.45, 7) is 0. The molecule has 0 spiro atoms. The Kier molecular flexibility index (Phi) is 3.69. The highest BCUT2D eigenvalue weighted by Crippen LogP contribution is 2.21. The number of rotatable bonds is 5. The molecule has 5 nitrogen and oxygen atoms in total. The summed E-state index contributed by atoms with van der Waals surface area (Å²) in [7, 11) is 0. The third-order valence-electron chi connectivity index (χ3n) is 2.52. The molecule has 0 saturated carbocycles. The number of anilines is 2. The van der Waals surface area contributed by atoms with Crippen molar-refractivity contribution in [2.75, 3.05) is 5.32 Å². The van der Waals surface area contributed by atoms with Crippen molar-refractivity contribution in [3.63, 3.8) is 0 Å². The maximum absolute atomic E-state index is 12.8. The molecular formula is C13H11FN4OS. The first-order valence-electron chi connectivity index (χ1n) is 5.88. The number of H-pyrrole nitrogens is 1. The van der Waals surface area contributed by atoms with Gasteiger partial charge in [-0.1, -0.05) is 11.8 Å². The fraction of sp³-hybridized carbons (Fsp3) is 0.0769. The van der Waals surface area contributed by atoms with Gasteiger partial charge in [-0.05, 0) is 30.3 Å². The van der Waals surface area contributed by atoms with Crippen LogP contribution >= 0.6 is 11.8 Å². The first-order chi connectivity index (χ1) is 9.79. The van der Waals surface area contributed by atoms with E-state index in [4.69, 9.17) is 4.42 Å². The highest BCUT2D eigenvalue weighted by molar-refractivity contribution is 7.98. The maximum Gasteiger partial charge on any atom is 0.223 e. The topological polar surface area (TPSA) is 66.7 Å². The molecule has 3 rings (SSSR count). The van der Waals surface area contributed by atoms with Gasteiger partial charge in [0.05, 0.1) is 12.5 Å². The molecule has 0 radical (unpaired) electrons. The van der Waals surface area contributed by atoms with Gasteiger partial charge in [-0.15, -0.1) is 5.10 Å². The number of hydrogen-bond donors (Lipinski definition) is 2. The van der Waals surface area contributed by atoms with Crippen LogP contribution in [0.3, 0.4) is 0 Å². The monoisotopic (exact) mass is 290 g/mol. The summed E-state index contributed by atoms with van der Waals surface area (Å²) in [6, 6.07) is 7.93. The first-order valence-corrected chi connectivity index (χ1v) is 6.87. The molecule has 2 aromatic heterocycles. The predicted octanol–water partition coefficient (Wildman–Crippen LogP) is 3.57. The van der Waals surface area contributed by atoms with Crippen LogP contribution in [0.15, 0.2) is 52.4 Å². The molecule has 102 valence electrons. The predicted molar refractivity (Wildman–Crippen MR) is 74.3 cm³/mol. The van der Waals surface area contributed by atoms with E-state index in [0.29, 0.717) is 11.1 Å². The van der Waals surface area contributed by atoms with E-state index in [1.54, 1.807) is 24.7 Å².